The van der Waals surface area contributed by atoms with Gasteiger partial charge in [-0.2, -0.15) is 5.10 Å². The van der Waals surface area contributed by atoms with Gasteiger partial charge < -0.3 is 15.2 Å². The lowest BCUT2D eigenvalue weighted by atomic mass is 9.98. The van der Waals surface area contributed by atoms with Gasteiger partial charge >= 0.3 is 0 Å². The van der Waals surface area contributed by atoms with Gasteiger partial charge in [-0.1, -0.05) is 6.92 Å². The molecule has 2 aromatic rings. The van der Waals surface area contributed by atoms with E-state index in [9.17, 15) is 0 Å². The van der Waals surface area contributed by atoms with E-state index in [4.69, 9.17) is 15.2 Å². The molecule has 0 radical (unpaired) electrons. The minimum Gasteiger partial charge on any atom is -0.486 e. The van der Waals surface area contributed by atoms with Crippen molar-refractivity contribution in [3.63, 3.8) is 0 Å². The average molecular weight is 259 g/mol. The van der Waals surface area contributed by atoms with Crippen molar-refractivity contribution < 1.29 is 9.47 Å². The molecule has 0 aliphatic carbocycles. The van der Waals surface area contributed by atoms with E-state index in [2.05, 4.69) is 12.0 Å². The average Bonchev–Trinajstić information content (AvgIpc) is 2.77. The molecular weight excluding hydrogens is 242 g/mol. The van der Waals surface area contributed by atoms with Crippen LogP contribution in [-0.4, -0.2) is 23.0 Å². The van der Waals surface area contributed by atoms with E-state index in [1.807, 2.05) is 19.2 Å². The molecule has 0 unspecified atom stereocenters. The maximum Gasteiger partial charge on any atom is 0.165 e. The highest BCUT2D eigenvalue weighted by Crippen LogP contribution is 2.41. The van der Waals surface area contributed by atoms with Crippen LogP contribution in [0.5, 0.6) is 11.5 Å². The second-order valence-electron chi connectivity index (χ2n) is 4.54. The third-order valence-electron chi connectivity index (χ3n) is 3.44. The number of rotatable bonds is 2. The molecule has 5 nitrogen and oxygen atoms in total. The first kappa shape index (κ1) is 11.9. The summed E-state index contributed by atoms with van der Waals surface area (Å²) in [6.07, 6.45) is 2.65. The Labute approximate surface area is 111 Å². The number of ether oxygens (including phenoxy) is 2. The summed E-state index contributed by atoms with van der Waals surface area (Å²) in [5.41, 5.74) is 9.19. The van der Waals surface area contributed by atoms with Gasteiger partial charge in [0.25, 0.3) is 0 Å². The predicted molar refractivity (Wildman–Crippen MR) is 73.4 cm³/mol. The smallest absolute Gasteiger partial charge is 0.165 e. The van der Waals surface area contributed by atoms with Crippen molar-refractivity contribution in [3.05, 3.63) is 23.9 Å². The lowest BCUT2D eigenvalue weighted by Crippen LogP contribution is -2.16. The second-order valence-corrected chi connectivity index (χ2v) is 4.54. The third-order valence-corrected chi connectivity index (χ3v) is 3.44. The first-order valence-corrected chi connectivity index (χ1v) is 6.41. The Morgan fingerprint density at radius 1 is 1.26 bits per heavy atom. The maximum absolute atomic E-state index is 6.06. The zero-order valence-corrected chi connectivity index (χ0v) is 11.1. The Kier molecular flexibility index (Phi) is 2.81. The van der Waals surface area contributed by atoms with Crippen LogP contribution in [0.3, 0.4) is 0 Å². The molecule has 2 N–H and O–H groups in total. The summed E-state index contributed by atoms with van der Waals surface area (Å²) < 4.78 is 13.0. The van der Waals surface area contributed by atoms with Crippen LogP contribution in [0.2, 0.25) is 0 Å². The lowest BCUT2D eigenvalue weighted by molar-refractivity contribution is 0.170. The molecular formula is C14H17N3O2. The van der Waals surface area contributed by atoms with Gasteiger partial charge in [0.2, 0.25) is 0 Å². The minimum absolute atomic E-state index is 0.589. The lowest BCUT2D eigenvalue weighted by Gasteiger charge is -2.22. The van der Waals surface area contributed by atoms with Crippen molar-refractivity contribution >= 4 is 5.82 Å². The molecule has 1 aliphatic heterocycles. The van der Waals surface area contributed by atoms with Gasteiger partial charge in [0.05, 0.1) is 6.20 Å². The summed E-state index contributed by atoms with van der Waals surface area (Å²) in [6.45, 7) is 3.29. The predicted octanol–water partition coefficient (Wildman–Crippen LogP) is 2.00. The fourth-order valence-electron chi connectivity index (χ4n) is 2.43. The van der Waals surface area contributed by atoms with Crippen LogP contribution < -0.4 is 15.2 Å². The standard InChI is InChI=1S/C14H17N3O2/c1-3-9-10(11-8-16-17(2)14(11)15)4-5-12-13(9)19-7-6-18-12/h4-5,8H,3,6-7,15H2,1-2H3. The van der Waals surface area contributed by atoms with Crippen LogP contribution >= 0.6 is 0 Å². The summed E-state index contributed by atoms with van der Waals surface area (Å²) in [5, 5.41) is 4.20. The second kappa shape index (κ2) is 4.50. The Bertz CT molecular complexity index is 619. The van der Waals surface area contributed by atoms with Crippen molar-refractivity contribution in [1.29, 1.82) is 0 Å². The van der Waals surface area contributed by atoms with Crippen molar-refractivity contribution in [2.24, 2.45) is 7.05 Å². The highest BCUT2D eigenvalue weighted by atomic mass is 16.6. The Hall–Kier alpha value is -2.17. The van der Waals surface area contributed by atoms with Crippen LogP contribution in [0.15, 0.2) is 18.3 Å². The van der Waals surface area contributed by atoms with Gasteiger partial charge in [0, 0.05) is 18.2 Å². The van der Waals surface area contributed by atoms with Crippen molar-refractivity contribution in [2.75, 3.05) is 18.9 Å². The van der Waals surface area contributed by atoms with Gasteiger partial charge in [0.1, 0.15) is 19.0 Å². The number of anilines is 1. The summed E-state index contributed by atoms with van der Waals surface area (Å²) in [5.74, 6) is 2.31. The van der Waals surface area contributed by atoms with Gasteiger partial charge in [-0.3, -0.25) is 4.68 Å². The van der Waals surface area contributed by atoms with E-state index >= 15 is 0 Å². The molecule has 100 valence electrons. The Morgan fingerprint density at radius 2 is 2.05 bits per heavy atom. The van der Waals surface area contributed by atoms with Crippen LogP contribution in [0, 0.1) is 0 Å². The molecule has 2 heterocycles. The number of nitrogen functional groups attached to an aromatic ring is 1. The molecule has 0 bridgehead atoms. The van der Waals surface area contributed by atoms with Crippen LogP contribution in [0.25, 0.3) is 11.1 Å². The summed E-state index contributed by atoms with van der Waals surface area (Å²) in [4.78, 5) is 0. The zero-order valence-electron chi connectivity index (χ0n) is 11.1. The van der Waals surface area contributed by atoms with E-state index in [0.29, 0.717) is 19.0 Å². The monoisotopic (exact) mass is 259 g/mol. The quantitative estimate of drug-likeness (QED) is 0.896. The SMILES string of the molecule is CCc1c(-c2cnn(C)c2N)ccc2c1OCCO2. The Balaban J connectivity index is 2.19. The molecule has 1 aromatic heterocycles. The van der Waals surface area contributed by atoms with Crippen LogP contribution in [-0.2, 0) is 13.5 Å². The summed E-state index contributed by atoms with van der Waals surface area (Å²) >= 11 is 0. The van der Waals surface area contributed by atoms with E-state index in [1.54, 1.807) is 10.9 Å². The summed E-state index contributed by atoms with van der Waals surface area (Å²) in [6, 6.07) is 3.97. The fraction of sp³-hybridized carbons (Fsp3) is 0.357. The number of nitrogens with zero attached hydrogens (tertiary/aromatic N) is 2. The molecule has 0 fully saturated rings. The number of hydrogen-bond acceptors (Lipinski definition) is 4. The molecule has 0 spiro atoms. The van der Waals surface area contributed by atoms with E-state index in [1.165, 1.54) is 0 Å². The van der Waals surface area contributed by atoms with Crippen LogP contribution in [0.4, 0.5) is 5.82 Å². The highest BCUT2D eigenvalue weighted by Gasteiger charge is 2.20. The topological polar surface area (TPSA) is 62.3 Å². The molecule has 3 rings (SSSR count). The van der Waals surface area contributed by atoms with Gasteiger partial charge in [-0.25, -0.2) is 0 Å². The Morgan fingerprint density at radius 3 is 2.74 bits per heavy atom. The minimum atomic E-state index is 0.589. The van der Waals surface area contributed by atoms with Crippen molar-refractivity contribution in [3.8, 4) is 22.6 Å². The highest BCUT2D eigenvalue weighted by molar-refractivity contribution is 5.79. The molecule has 0 saturated heterocycles. The molecule has 0 amide bonds. The number of fused-ring (bicyclic) bond motifs is 1. The van der Waals surface area contributed by atoms with Crippen molar-refractivity contribution in [1.82, 2.24) is 9.78 Å². The van der Waals surface area contributed by atoms with Gasteiger partial charge in [0.15, 0.2) is 11.5 Å². The largest absolute Gasteiger partial charge is 0.486 e. The van der Waals surface area contributed by atoms with E-state index in [0.717, 1.165) is 34.6 Å². The summed E-state index contributed by atoms with van der Waals surface area (Å²) in [7, 11) is 1.84. The number of aromatic nitrogens is 2. The first-order chi connectivity index (χ1) is 9.22. The normalized spacial score (nSPS) is 13.6. The molecule has 0 saturated carbocycles. The third kappa shape index (κ3) is 1.82. The fourth-order valence-corrected chi connectivity index (χ4v) is 2.43. The number of hydrogen-bond donors (Lipinski definition) is 1. The van der Waals surface area contributed by atoms with E-state index < -0.39 is 0 Å². The first-order valence-electron chi connectivity index (χ1n) is 6.41. The molecule has 1 aliphatic rings. The molecule has 19 heavy (non-hydrogen) atoms. The van der Waals surface area contributed by atoms with Gasteiger partial charge in [-0.15, -0.1) is 0 Å². The molecule has 5 heteroatoms. The zero-order chi connectivity index (χ0) is 13.4. The molecule has 1 aromatic carbocycles. The van der Waals surface area contributed by atoms with Crippen molar-refractivity contribution in [2.45, 2.75) is 13.3 Å². The number of aryl methyl sites for hydroxylation is 1. The molecule has 0 atom stereocenters. The number of benzene rings is 1. The maximum atomic E-state index is 6.06. The number of nitrogens with two attached hydrogens (primary N) is 1. The van der Waals surface area contributed by atoms with Gasteiger partial charge in [-0.05, 0) is 24.1 Å². The van der Waals surface area contributed by atoms with E-state index in [-0.39, 0.29) is 0 Å². The van der Waals surface area contributed by atoms with Crippen LogP contribution in [0.1, 0.15) is 12.5 Å².